The molecule has 2 rings (SSSR count). The number of halogens is 2. The number of rotatable bonds is 3. The fourth-order valence-corrected chi connectivity index (χ4v) is 1.83. The van der Waals surface area contributed by atoms with Crippen LogP contribution in [0.15, 0.2) is 18.2 Å². The third kappa shape index (κ3) is 2.32. The molecular weight excluding hydrogens is 249 g/mol. The number of hydrogen-bond acceptors (Lipinski definition) is 2. The summed E-state index contributed by atoms with van der Waals surface area (Å²) < 4.78 is 0. The molecule has 0 aliphatic heterocycles. The van der Waals surface area contributed by atoms with E-state index in [9.17, 15) is 4.79 Å². The summed E-state index contributed by atoms with van der Waals surface area (Å²) in [5, 5.41) is 12.7. The maximum atomic E-state index is 11.9. The van der Waals surface area contributed by atoms with Crippen LogP contribution in [0.3, 0.4) is 0 Å². The second kappa shape index (κ2) is 4.24. The van der Waals surface area contributed by atoms with Crippen molar-refractivity contribution in [1.82, 2.24) is 5.32 Å². The molecule has 16 heavy (non-hydrogen) atoms. The summed E-state index contributed by atoms with van der Waals surface area (Å²) >= 11 is 11.7. The molecule has 1 amide bonds. The standard InChI is InChI=1S/C11H11Cl2NO2/c12-7-1-2-9(13)8(5-7)10(16)14-11(6-15)3-4-11/h1-2,5,15H,3-4,6H2,(H,14,16). The maximum absolute atomic E-state index is 11.9. The molecule has 86 valence electrons. The first-order chi connectivity index (χ1) is 7.56. The van der Waals surface area contributed by atoms with Crippen LogP contribution in [0.2, 0.25) is 10.0 Å². The van der Waals surface area contributed by atoms with E-state index in [1.807, 2.05) is 0 Å². The molecule has 2 N–H and O–H groups in total. The quantitative estimate of drug-likeness (QED) is 0.875. The predicted molar refractivity (Wildman–Crippen MR) is 63.0 cm³/mol. The molecule has 0 heterocycles. The second-order valence-electron chi connectivity index (χ2n) is 4.02. The highest BCUT2D eigenvalue weighted by atomic mass is 35.5. The Morgan fingerprint density at radius 1 is 1.44 bits per heavy atom. The van der Waals surface area contributed by atoms with Crippen LogP contribution < -0.4 is 5.32 Å². The van der Waals surface area contributed by atoms with Gasteiger partial charge in [0, 0.05) is 5.02 Å². The highest BCUT2D eigenvalue weighted by Crippen LogP contribution is 2.35. The number of carbonyl (C=O) groups excluding carboxylic acids is 1. The Bertz CT molecular complexity index is 430. The lowest BCUT2D eigenvalue weighted by Crippen LogP contribution is -2.39. The molecule has 0 atom stereocenters. The molecule has 1 saturated carbocycles. The highest BCUT2D eigenvalue weighted by Gasteiger charge is 2.43. The van der Waals surface area contributed by atoms with Crippen LogP contribution in [0, 0.1) is 0 Å². The molecule has 1 aromatic carbocycles. The molecule has 5 heteroatoms. The van der Waals surface area contributed by atoms with Gasteiger partial charge in [-0.2, -0.15) is 0 Å². The van der Waals surface area contributed by atoms with Crippen LogP contribution in [0.25, 0.3) is 0 Å². The monoisotopic (exact) mass is 259 g/mol. The first-order valence-corrected chi connectivity index (χ1v) is 5.70. The van der Waals surface area contributed by atoms with Gasteiger partial charge in [0.1, 0.15) is 0 Å². The summed E-state index contributed by atoms with van der Waals surface area (Å²) in [6.45, 7) is -0.0447. The van der Waals surface area contributed by atoms with E-state index in [0.717, 1.165) is 12.8 Å². The van der Waals surface area contributed by atoms with Gasteiger partial charge in [-0.15, -0.1) is 0 Å². The van der Waals surface area contributed by atoms with Crippen LogP contribution in [0.4, 0.5) is 0 Å². The van der Waals surface area contributed by atoms with Crippen molar-refractivity contribution < 1.29 is 9.90 Å². The molecule has 0 saturated heterocycles. The summed E-state index contributed by atoms with van der Waals surface area (Å²) in [6.07, 6.45) is 1.60. The molecule has 1 fully saturated rings. The van der Waals surface area contributed by atoms with Crippen molar-refractivity contribution in [2.75, 3.05) is 6.61 Å². The van der Waals surface area contributed by atoms with Gasteiger partial charge in [-0.25, -0.2) is 0 Å². The van der Waals surface area contributed by atoms with Gasteiger partial charge < -0.3 is 10.4 Å². The van der Waals surface area contributed by atoms with E-state index in [4.69, 9.17) is 28.3 Å². The van der Waals surface area contributed by atoms with Gasteiger partial charge in [0.05, 0.1) is 22.7 Å². The number of nitrogens with one attached hydrogen (secondary N) is 1. The second-order valence-corrected chi connectivity index (χ2v) is 4.86. The van der Waals surface area contributed by atoms with Crippen molar-refractivity contribution in [2.45, 2.75) is 18.4 Å². The zero-order chi connectivity index (χ0) is 11.8. The number of amides is 1. The molecule has 1 aliphatic carbocycles. The van der Waals surface area contributed by atoms with Gasteiger partial charge in [-0.3, -0.25) is 4.79 Å². The van der Waals surface area contributed by atoms with E-state index in [0.29, 0.717) is 15.6 Å². The number of aliphatic hydroxyl groups excluding tert-OH is 1. The molecule has 0 bridgehead atoms. The van der Waals surface area contributed by atoms with Crippen molar-refractivity contribution in [3.05, 3.63) is 33.8 Å². The van der Waals surface area contributed by atoms with Crippen LogP contribution >= 0.6 is 23.2 Å². The third-order valence-electron chi connectivity index (χ3n) is 2.71. The fraction of sp³-hybridized carbons (Fsp3) is 0.364. The Morgan fingerprint density at radius 2 is 2.12 bits per heavy atom. The topological polar surface area (TPSA) is 49.3 Å². The molecule has 1 aliphatic rings. The van der Waals surface area contributed by atoms with Crippen molar-refractivity contribution >= 4 is 29.1 Å². The Labute approximate surface area is 103 Å². The van der Waals surface area contributed by atoms with E-state index < -0.39 is 5.54 Å². The van der Waals surface area contributed by atoms with E-state index in [-0.39, 0.29) is 12.5 Å². The van der Waals surface area contributed by atoms with E-state index in [1.165, 1.54) is 6.07 Å². The van der Waals surface area contributed by atoms with Crippen molar-refractivity contribution in [3.8, 4) is 0 Å². The van der Waals surface area contributed by atoms with Crippen LogP contribution in [-0.2, 0) is 0 Å². The number of aliphatic hydroxyl groups is 1. The Balaban J connectivity index is 2.17. The van der Waals surface area contributed by atoms with Crippen LogP contribution in [0.1, 0.15) is 23.2 Å². The fourth-order valence-electron chi connectivity index (χ4n) is 1.45. The Kier molecular flexibility index (Phi) is 3.10. The van der Waals surface area contributed by atoms with Crippen LogP contribution in [0.5, 0.6) is 0 Å². The van der Waals surface area contributed by atoms with Gasteiger partial charge in [-0.05, 0) is 31.0 Å². The predicted octanol–water partition coefficient (Wildman–Crippen LogP) is 2.25. The number of benzene rings is 1. The summed E-state index contributed by atoms with van der Waals surface area (Å²) in [5.41, 5.74) is -0.100. The summed E-state index contributed by atoms with van der Waals surface area (Å²) in [7, 11) is 0. The van der Waals surface area contributed by atoms with E-state index >= 15 is 0 Å². The lowest BCUT2D eigenvalue weighted by Gasteiger charge is -2.14. The van der Waals surface area contributed by atoms with Gasteiger partial charge in [0.15, 0.2) is 0 Å². The zero-order valence-electron chi connectivity index (χ0n) is 8.46. The van der Waals surface area contributed by atoms with Gasteiger partial charge >= 0.3 is 0 Å². The average Bonchev–Trinajstić information content (AvgIpc) is 3.02. The maximum Gasteiger partial charge on any atom is 0.253 e. The smallest absolute Gasteiger partial charge is 0.253 e. The Morgan fingerprint density at radius 3 is 2.69 bits per heavy atom. The van der Waals surface area contributed by atoms with E-state index in [2.05, 4.69) is 5.32 Å². The minimum Gasteiger partial charge on any atom is -0.394 e. The summed E-state index contributed by atoms with van der Waals surface area (Å²) in [6, 6.07) is 4.73. The number of carbonyl (C=O) groups is 1. The largest absolute Gasteiger partial charge is 0.394 e. The first-order valence-electron chi connectivity index (χ1n) is 4.95. The molecular formula is C11H11Cl2NO2. The summed E-state index contributed by atoms with van der Waals surface area (Å²) in [4.78, 5) is 11.9. The SMILES string of the molecule is O=C(NC1(CO)CC1)c1cc(Cl)ccc1Cl. The minimum absolute atomic E-state index is 0.0447. The Hall–Kier alpha value is -0.770. The van der Waals surface area contributed by atoms with Gasteiger partial charge in [-0.1, -0.05) is 23.2 Å². The van der Waals surface area contributed by atoms with Crippen molar-refractivity contribution in [1.29, 1.82) is 0 Å². The molecule has 0 aromatic heterocycles. The molecule has 0 spiro atoms. The molecule has 0 unspecified atom stereocenters. The zero-order valence-corrected chi connectivity index (χ0v) is 9.98. The molecule has 3 nitrogen and oxygen atoms in total. The number of hydrogen-bond donors (Lipinski definition) is 2. The minimum atomic E-state index is -0.442. The highest BCUT2D eigenvalue weighted by molar-refractivity contribution is 6.35. The lowest BCUT2D eigenvalue weighted by atomic mass is 10.2. The lowest BCUT2D eigenvalue weighted by molar-refractivity contribution is 0.0907. The summed E-state index contributed by atoms with van der Waals surface area (Å²) in [5.74, 6) is -0.293. The van der Waals surface area contributed by atoms with E-state index in [1.54, 1.807) is 12.1 Å². The molecule has 1 aromatic rings. The van der Waals surface area contributed by atoms with Gasteiger partial charge in [0.25, 0.3) is 5.91 Å². The van der Waals surface area contributed by atoms with Crippen LogP contribution in [-0.4, -0.2) is 23.2 Å². The van der Waals surface area contributed by atoms with Crippen molar-refractivity contribution in [2.24, 2.45) is 0 Å². The van der Waals surface area contributed by atoms with Gasteiger partial charge in [0.2, 0.25) is 0 Å². The first kappa shape index (κ1) is 11.7. The third-order valence-corrected chi connectivity index (χ3v) is 3.27. The van der Waals surface area contributed by atoms with Crippen molar-refractivity contribution in [3.63, 3.8) is 0 Å². The normalized spacial score (nSPS) is 16.9. The molecule has 0 radical (unpaired) electrons. The average molecular weight is 260 g/mol.